The van der Waals surface area contributed by atoms with Crippen LogP contribution in [0, 0.1) is 0 Å². The van der Waals surface area contributed by atoms with Crippen molar-refractivity contribution < 1.29 is 4.42 Å². The molecule has 0 spiro atoms. The Morgan fingerprint density at radius 2 is 0.889 bits per heavy atom. The van der Waals surface area contributed by atoms with E-state index in [-0.39, 0.29) is 0 Å². The predicted molar refractivity (Wildman–Crippen MR) is 221 cm³/mol. The smallest absolute Gasteiger partial charge is 0.238 e. The molecule has 0 amide bonds. The lowest BCUT2D eigenvalue weighted by Crippen LogP contribution is -2.06. The highest BCUT2D eigenvalue weighted by atomic mass is 16.3. The van der Waals surface area contributed by atoms with Crippen molar-refractivity contribution in [3.05, 3.63) is 182 Å². The van der Waals surface area contributed by atoms with Gasteiger partial charge in [-0.25, -0.2) is 4.98 Å². The van der Waals surface area contributed by atoms with Crippen LogP contribution in [0.5, 0.6) is 0 Å². The number of para-hydroxylation sites is 3. The zero-order chi connectivity index (χ0) is 35.6. The van der Waals surface area contributed by atoms with E-state index < -0.39 is 0 Å². The van der Waals surface area contributed by atoms with Crippen molar-refractivity contribution in [1.29, 1.82) is 0 Å². The van der Waals surface area contributed by atoms with Gasteiger partial charge in [0.05, 0.1) is 11.0 Å². The van der Waals surface area contributed by atoms with Crippen molar-refractivity contribution >= 4 is 54.5 Å². The fourth-order valence-electron chi connectivity index (χ4n) is 7.85. The van der Waals surface area contributed by atoms with Crippen molar-refractivity contribution in [1.82, 2.24) is 19.5 Å². The molecule has 3 heterocycles. The second kappa shape index (κ2) is 12.1. The molecule has 0 atom stereocenters. The summed E-state index contributed by atoms with van der Waals surface area (Å²) in [7, 11) is 0. The summed E-state index contributed by atoms with van der Waals surface area (Å²) in [4.78, 5) is 15.9. The van der Waals surface area contributed by atoms with E-state index in [1.54, 1.807) is 0 Å². The summed E-state index contributed by atoms with van der Waals surface area (Å²) < 4.78 is 8.65. The molecular weight excluding hydrogens is 661 g/mol. The number of fused-ring (bicyclic) bond motifs is 8. The van der Waals surface area contributed by atoms with Crippen LogP contribution in [0.1, 0.15) is 0 Å². The Morgan fingerprint density at radius 1 is 0.352 bits per heavy atom. The molecule has 8 aromatic carbocycles. The van der Waals surface area contributed by atoms with Gasteiger partial charge in [0.25, 0.3) is 0 Å². The lowest BCUT2D eigenvalue weighted by Gasteiger charge is -2.13. The number of furan rings is 1. The average molecular weight is 691 g/mol. The number of hydrogen-bond donors (Lipinski definition) is 0. The highest BCUT2D eigenvalue weighted by Crippen LogP contribution is 2.38. The fourth-order valence-corrected chi connectivity index (χ4v) is 7.85. The molecule has 0 aliphatic heterocycles. The monoisotopic (exact) mass is 690 g/mol. The predicted octanol–water partition coefficient (Wildman–Crippen LogP) is 12.7. The van der Waals surface area contributed by atoms with Gasteiger partial charge in [0.15, 0.2) is 11.6 Å². The second-order valence-corrected chi connectivity index (χ2v) is 13.7. The molecule has 252 valence electrons. The van der Waals surface area contributed by atoms with Gasteiger partial charge in [-0.1, -0.05) is 133 Å². The normalized spacial score (nSPS) is 11.7. The third-order valence-electron chi connectivity index (χ3n) is 10.4. The highest BCUT2D eigenvalue weighted by molar-refractivity contribution is 6.15. The minimum Gasteiger partial charge on any atom is -0.455 e. The molecule has 5 nitrogen and oxygen atoms in total. The molecule has 54 heavy (non-hydrogen) atoms. The van der Waals surface area contributed by atoms with Crippen molar-refractivity contribution in [2.45, 2.75) is 0 Å². The van der Waals surface area contributed by atoms with Crippen LogP contribution in [0.4, 0.5) is 0 Å². The molecule has 11 aromatic rings. The Balaban J connectivity index is 1.20. The van der Waals surface area contributed by atoms with E-state index in [2.05, 4.69) is 162 Å². The lowest BCUT2D eigenvalue weighted by atomic mass is 9.96. The van der Waals surface area contributed by atoms with Crippen LogP contribution in [0.15, 0.2) is 186 Å². The molecular formula is C49H30N4O. The third kappa shape index (κ3) is 4.90. The van der Waals surface area contributed by atoms with E-state index in [1.807, 2.05) is 24.3 Å². The Morgan fingerprint density at radius 3 is 1.56 bits per heavy atom. The maximum atomic E-state index is 6.48. The van der Waals surface area contributed by atoms with Gasteiger partial charge in [0, 0.05) is 38.1 Å². The van der Waals surface area contributed by atoms with Crippen LogP contribution in [0.25, 0.3) is 105 Å². The molecule has 0 bridgehead atoms. The first-order valence-electron chi connectivity index (χ1n) is 18.1. The molecule has 0 saturated heterocycles. The number of nitrogens with zero attached hydrogens (tertiary/aromatic N) is 4. The van der Waals surface area contributed by atoms with E-state index in [0.29, 0.717) is 17.6 Å². The van der Waals surface area contributed by atoms with E-state index >= 15 is 0 Å². The summed E-state index contributed by atoms with van der Waals surface area (Å²) in [6, 6.07) is 63.4. The standard InChI is InChI=1S/C49H30N4O/c1-3-13-31(14-4-1)35-27-36(32-15-5-2-6-16-32)29-37(28-35)48-50-47(51-49(52-48)53-43-20-10-7-17-38(43)39-18-8-11-21-44(39)53)34-24-23-33-25-26-41-40-19-9-12-22-45(40)54-46(41)42(33)30-34/h1-30H. The maximum Gasteiger partial charge on any atom is 0.238 e. The summed E-state index contributed by atoms with van der Waals surface area (Å²) >= 11 is 0. The topological polar surface area (TPSA) is 56.7 Å². The first-order chi connectivity index (χ1) is 26.7. The van der Waals surface area contributed by atoms with E-state index in [1.165, 1.54) is 0 Å². The van der Waals surface area contributed by atoms with Gasteiger partial charge < -0.3 is 4.42 Å². The van der Waals surface area contributed by atoms with E-state index in [9.17, 15) is 0 Å². The summed E-state index contributed by atoms with van der Waals surface area (Å²) in [5.41, 5.74) is 10.0. The van der Waals surface area contributed by atoms with Gasteiger partial charge in [0.2, 0.25) is 5.95 Å². The van der Waals surface area contributed by atoms with Crippen LogP contribution < -0.4 is 0 Å². The van der Waals surface area contributed by atoms with Crippen LogP contribution in [0.2, 0.25) is 0 Å². The highest BCUT2D eigenvalue weighted by Gasteiger charge is 2.19. The molecule has 0 aliphatic carbocycles. The van der Waals surface area contributed by atoms with Crippen LogP contribution in [-0.4, -0.2) is 19.5 Å². The van der Waals surface area contributed by atoms with Gasteiger partial charge in [0.1, 0.15) is 11.2 Å². The number of benzene rings is 8. The summed E-state index contributed by atoms with van der Waals surface area (Å²) in [6.07, 6.45) is 0. The number of aromatic nitrogens is 4. The molecule has 0 saturated carbocycles. The van der Waals surface area contributed by atoms with Gasteiger partial charge >= 0.3 is 0 Å². The Bertz CT molecular complexity index is 3110. The van der Waals surface area contributed by atoms with Crippen molar-refractivity contribution in [3.8, 4) is 51.0 Å². The van der Waals surface area contributed by atoms with Crippen molar-refractivity contribution in [3.63, 3.8) is 0 Å². The lowest BCUT2D eigenvalue weighted by molar-refractivity contribution is 0.672. The first kappa shape index (κ1) is 30.3. The van der Waals surface area contributed by atoms with E-state index in [0.717, 1.165) is 87.9 Å². The number of rotatable bonds is 5. The fraction of sp³-hybridized carbons (Fsp3) is 0. The Kier molecular flexibility index (Phi) is 6.79. The molecule has 0 N–H and O–H groups in total. The second-order valence-electron chi connectivity index (χ2n) is 13.7. The summed E-state index contributed by atoms with van der Waals surface area (Å²) in [5, 5.41) is 6.58. The quantitative estimate of drug-likeness (QED) is 0.180. The molecule has 0 unspecified atom stereocenters. The molecule has 3 aromatic heterocycles. The van der Waals surface area contributed by atoms with Crippen molar-refractivity contribution in [2.75, 3.05) is 0 Å². The Hall–Kier alpha value is -7.37. The molecule has 0 fully saturated rings. The summed E-state index contributed by atoms with van der Waals surface area (Å²) in [5.74, 6) is 1.73. The van der Waals surface area contributed by atoms with Gasteiger partial charge in [-0.3, -0.25) is 4.57 Å². The summed E-state index contributed by atoms with van der Waals surface area (Å²) in [6.45, 7) is 0. The Labute approximate surface area is 310 Å². The SMILES string of the molecule is c1ccc(-c2cc(-c3ccccc3)cc(-c3nc(-c4ccc5ccc6c7ccccc7oc6c5c4)nc(-n4c5ccccc5c5ccccc54)n3)c2)cc1. The van der Waals surface area contributed by atoms with Crippen LogP contribution >= 0.6 is 0 Å². The zero-order valence-corrected chi connectivity index (χ0v) is 29.0. The maximum absolute atomic E-state index is 6.48. The van der Waals surface area contributed by atoms with Gasteiger partial charge in [-0.05, 0) is 76.2 Å². The zero-order valence-electron chi connectivity index (χ0n) is 29.0. The molecule has 0 radical (unpaired) electrons. The van der Waals surface area contributed by atoms with E-state index in [4.69, 9.17) is 19.4 Å². The molecule has 5 heteroatoms. The van der Waals surface area contributed by atoms with Crippen LogP contribution in [0.3, 0.4) is 0 Å². The third-order valence-corrected chi connectivity index (χ3v) is 10.4. The number of hydrogen-bond acceptors (Lipinski definition) is 4. The van der Waals surface area contributed by atoms with Gasteiger partial charge in [-0.15, -0.1) is 0 Å². The van der Waals surface area contributed by atoms with Gasteiger partial charge in [-0.2, -0.15) is 9.97 Å². The molecule has 0 aliphatic rings. The molecule has 11 rings (SSSR count). The minimum absolute atomic E-state index is 0.556. The minimum atomic E-state index is 0.556. The first-order valence-corrected chi connectivity index (χ1v) is 18.1. The largest absolute Gasteiger partial charge is 0.455 e. The average Bonchev–Trinajstić information content (AvgIpc) is 3.80. The van der Waals surface area contributed by atoms with Crippen molar-refractivity contribution in [2.24, 2.45) is 0 Å². The van der Waals surface area contributed by atoms with Crippen LogP contribution in [-0.2, 0) is 0 Å².